The maximum Gasteiger partial charge on any atom is 0.240 e. The molecule has 2 aromatic rings. The average molecular weight is 490 g/mol. The first-order valence-electron chi connectivity index (χ1n) is 9.72. The number of hydrogen-bond donors (Lipinski definition) is 2. The zero-order chi connectivity index (χ0) is 21.5. The first-order chi connectivity index (χ1) is 14.3. The van der Waals surface area contributed by atoms with Crippen LogP contribution in [-0.4, -0.2) is 21.0 Å². The van der Waals surface area contributed by atoms with E-state index in [1.54, 1.807) is 0 Å². The van der Waals surface area contributed by atoms with Gasteiger partial charge in [0.1, 0.15) is 5.82 Å². The Kier molecular flexibility index (Phi) is 5.47. The fraction of sp³-hybridized carbons (Fsp3) is 0.318. The Morgan fingerprint density at radius 1 is 1.33 bits per heavy atom. The monoisotopic (exact) mass is 489 g/mol. The van der Waals surface area contributed by atoms with Gasteiger partial charge >= 0.3 is 0 Å². The molecule has 2 N–H and O–H groups in total. The second-order valence-electron chi connectivity index (χ2n) is 7.76. The van der Waals surface area contributed by atoms with Gasteiger partial charge in [-0.05, 0) is 67.6 Å². The normalized spacial score (nSPS) is 22.7. The summed E-state index contributed by atoms with van der Waals surface area (Å²) in [5, 5.41) is 12.2. The van der Waals surface area contributed by atoms with E-state index in [-0.39, 0.29) is 23.3 Å². The largest absolute Gasteiger partial charge is 0.378 e. The molecule has 0 bridgehead atoms. The van der Waals surface area contributed by atoms with Gasteiger partial charge in [0.2, 0.25) is 10.0 Å². The second-order valence-corrected chi connectivity index (χ2v) is 10.4. The van der Waals surface area contributed by atoms with Crippen LogP contribution in [0.2, 0.25) is 0 Å². The highest BCUT2D eigenvalue weighted by Gasteiger charge is 2.50. The van der Waals surface area contributed by atoms with Crippen molar-refractivity contribution in [2.45, 2.75) is 42.0 Å². The smallest absolute Gasteiger partial charge is 0.240 e. The number of nitrogens with zero attached hydrogens (tertiary/aromatic N) is 1. The lowest BCUT2D eigenvalue weighted by molar-refractivity contribution is 0.344. The third-order valence-electron chi connectivity index (χ3n) is 6.16. The molecule has 5 nitrogen and oxygen atoms in total. The molecule has 0 spiro atoms. The van der Waals surface area contributed by atoms with Gasteiger partial charge in [0.15, 0.2) is 0 Å². The molecule has 2 atom stereocenters. The van der Waals surface area contributed by atoms with Crippen molar-refractivity contribution in [3.63, 3.8) is 0 Å². The first-order valence-corrected chi connectivity index (χ1v) is 12.0. The fourth-order valence-corrected chi connectivity index (χ4v) is 6.18. The van der Waals surface area contributed by atoms with E-state index in [0.29, 0.717) is 22.1 Å². The number of hydrogen-bond acceptors (Lipinski definition) is 4. The van der Waals surface area contributed by atoms with Crippen LogP contribution in [0.15, 0.2) is 57.9 Å². The summed E-state index contributed by atoms with van der Waals surface area (Å²) in [6.45, 7) is 4.48. The molecular formula is C22H21BrFN3O2S. The van der Waals surface area contributed by atoms with Crippen LogP contribution in [0.3, 0.4) is 0 Å². The van der Waals surface area contributed by atoms with Crippen LogP contribution in [0, 0.1) is 17.1 Å². The average Bonchev–Trinajstić information content (AvgIpc) is 3.04. The molecule has 156 valence electrons. The summed E-state index contributed by atoms with van der Waals surface area (Å²) in [6, 6.07) is 11.1. The van der Waals surface area contributed by atoms with Crippen LogP contribution in [0.5, 0.6) is 0 Å². The Morgan fingerprint density at radius 2 is 2.07 bits per heavy atom. The van der Waals surface area contributed by atoms with Crippen molar-refractivity contribution in [3.8, 4) is 6.07 Å². The van der Waals surface area contributed by atoms with Gasteiger partial charge in [-0.1, -0.05) is 28.1 Å². The predicted molar refractivity (Wildman–Crippen MR) is 117 cm³/mol. The van der Waals surface area contributed by atoms with E-state index in [1.165, 1.54) is 30.3 Å². The van der Waals surface area contributed by atoms with Crippen LogP contribution in [0.1, 0.15) is 36.8 Å². The molecule has 2 aliphatic rings. The van der Waals surface area contributed by atoms with Crippen LogP contribution >= 0.6 is 15.9 Å². The Morgan fingerprint density at radius 3 is 2.77 bits per heavy atom. The highest BCUT2D eigenvalue weighted by Crippen LogP contribution is 2.54. The van der Waals surface area contributed by atoms with Gasteiger partial charge in [0, 0.05) is 22.5 Å². The van der Waals surface area contributed by atoms with Gasteiger partial charge in [-0.2, -0.15) is 5.26 Å². The predicted octanol–water partition coefficient (Wildman–Crippen LogP) is 4.60. The molecule has 4 rings (SSSR count). The zero-order valence-corrected chi connectivity index (χ0v) is 18.6. The quantitative estimate of drug-likeness (QED) is 0.601. The molecule has 30 heavy (non-hydrogen) atoms. The number of rotatable bonds is 5. The molecule has 1 aliphatic heterocycles. The summed E-state index contributed by atoms with van der Waals surface area (Å²) >= 11 is 3.39. The van der Waals surface area contributed by atoms with Gasteiger partial charge in [-0.15, -0.1) is 0 Å². The second kappa shape index (κ2) is 7.80. The minimum absolute atomic E-state index is 0.0167. The molecule has 1 aliphatic carbocycles. The molecule has 0 aromatic heterocycles. The van der Waals surface area contributed by atoms with Crippen molar-refractivity contribution >= 4 is 31.6 Å². The van der Waals surface area contributed by atoms with Gasteiger partial charge in [0.25, 0.3) is 0 Å². The van der Waals surface area contributed by atoms with Crippen molar-refractivity contribution in [3.05, 3.63) is 70.0 Å². The maximum absolute atomic E-state index is 14.6. The summed E-state index contributed by atoms with van der Waals surface area (Å²) in [7, 11) is -3.72. The lowest BCUT2D eigenvalue weighted by atomic mass is 9.63. The summed E-state index contributed by atoms with van der Waals surface area (Å²) in [6.07, 6.45) is 3.13. The molecule has 0 saturated heterocycles. The molecule has 1 fully saturated rings. The minimum Gasteiger partial charge on any atom is -0.378 e. The molecule has 1 saturated carbocycles. The minimum atomic E-state index is -3.72. The number of halogens is 2. The van der Waals surface area contributed by atoms with Crippen molar-refractivity contribution in [2.24, 2.45) is 0 Å². The lowest BCUT2D eigenvalue weighted by Crippen LogP contribution is -2.45. The third kappa shape index (κ3) is 3.45. The van der Waals surface area contributed by atoms with E-state index in [0.717, 1.165) is 30.4 Å². The Bertz CT molecular complexity index is 1160. The highest BCUT2D eigenvalue weighted by atomic mass is 79.9. The molecule has 2 unspecified atom stereocenters. The topological polar surface area (TPSA) is 82.0 Å². The summed E-state index contributed by atoms with van der Waals surface area (Å²) in [5.41, 5.74) is 2.20. The molecule has 0 radical (unpaired) electrons. The van der Waals surface area contributed by atoms with E-state index in [1.807, 2.05) is 12.1 Å². The number of benzene rings is 2. The van der Waals surface area contributed by atoms with E-state index in [2.05, 4.69) is 32.5 Å². The van der Waals surface area contributed by atoms with E-state index < -0.39 is 15.4 Å². The Balaban J connectivity index is 1.61. The van der Waals surface area contributed by atoms with E-state index in [9.17, 15) is 12.8 Å². The number of sulfonamides is 1. The summed E-state index contributed by atoms with van der Waals surface area (Å²) < 4.78 is 43.3. The van der Waals surface area contributed by atoms with Crippen LogP contribution in [0.25, 0.3) is 0 Å². The van der Waals surface area contributed by atoms with Crippen molar-refractivity contribution in [1.82, 2.24) is 4.72 Å². The van der Waals surface area contributed by atoms with E-state index >= 15 is 0 Å². The van der Waals surface area contributed by atoms with Gasteiger partial charge in [-0.25, -0.2) is 17.5 Å². The van der Waals surface area contributed by atoms with Gasteiger partial charge in [0.05, 0.1) is 22.2 Å². The molecule has 8 heteroatoms. The summed E-state index contributed by atoms with van der Waals surface area (Å²) in [4.78, 5) is 0.108. The van der Waals surface area contributed by atoms with Crippen molar-refractivity contribution in [2.75, 3.05) is 11.9 Å². The van der Waals surface area contributed by atoms with Crippen molar-refractivity contribution in [1.29, 1.82) is 5.26 Å². The molecular weight excluding hydrogens is 469 g/mol. The van der Waals surface area contributed by atoms with Gasteiger partial charge < -0.3 is 5.32 Å². The van der Waals surface area contributed by atoms with E-state index in [4.69, 9.17) is 5.26 Å². The Hall–Kier alpha value is -2.21. The van der Waals surface area contributed by atoms with Crippen LogP contribution in [-0.2, 0) is 15.4 Å². The third-order valence-corrected chi connectivity index (χ3v) is 8.09. The fourth-order valence-electron chi connectivity index (χ4n) is 4.72. The van der Waals surface area contributed by atoms with Crippen LogP contribution < -0.4 is 10.0 Å². The maximum atomic E-state index is 14.6. The SMILES string of the molecule is C=C1CCCC2Nc3c(F)cc(Br)cc3C12CCNS(=O)(=O)c1ccc(C#N)cc1. The van der Waals surface area contributed by atoms with Crippen molar-refractivity contribution < 1.29 is 12.8 Å². The van der Waals surface area contributed by atoms with Crippen LogP contribution in [0.4, 0.5) is 10.1 Å². The zero-order valence-electron chi connectivity index (χ0n) is 16.2. The molecule has 1 heterocycles. The highest BCUT2D eigenvalue weighted by molar-refractivity contribution is 9.10. The number of nitriles is 1. The lowest BCUT2D eigenvalue weighted by Gasteiger charge is -2.42. The standard InChI is InChI=1S/C22H21BrFN3O2S/c1-14-3-2-4-20-22(14,18-11-16(23)12-19(24)21(18)27-20)9-10-26-30(28,29)17-7-5-15(13-25)6-8-17/h5-8,11-12,20,26-27H,1-4,9-10H2. The number of anilines is 1. The first kappa shape index (κ1) is 21.0. The number of fused-ring (bicyclic) bond motifs is 3. The number of nitrogens with one attached hydrogen (secondary N) is 2. The summed E-state index contributed by atoms with van der Waals surface area (Å²) in [5.74, 6) is -0.320. The molecule has 2 aromatic carbocycles. The van der Waals surface area contributed by atoms with Gasteiger partial charge in [-0.3, -0.25) is 0 Å². The Labute approximate surface area is 184 Å². The molecule has 0 amide bonds.